The van der Waals surface area contributed by atoms with Crippen molar-refractivity contribution in [2.75, 3.05) is 40.3 Å². The second-order valence-corrected chi connectivity index (χ2v) is 6.45. The van der Waals surface area contributed by atoms with Crippen LogP contribution in [0.4, 0.5) is 4.79 Å². The summed E-state index contributed by atoms with van der Waals surface area (Å²) < 4.78 is 11.1. The summed E-state index contributed by atoms with van der Waals surface area (Å²) in [7, 11) is 3.97. The van der Waals surface area contributed by atoms with Gasteiger partial charge in [-0.15, -0.1) is 0 Å². The van der Waals surface area contributed by atoms with Crippen LogP contribution in [-0.2, 0) is 4.74 Å². The highest BCUT2D eigenvalue weighted by Gasteiger charge is 2.41. The molecule has 3 rings (SSSR count). The molecule has 0 aromatic carbocycles. The number of nitrogens with zero attached hydrogens (tertiary/aromatic N) is 2. The Kier molecular flexibility index (Phi) is 4.40. The third kappa shape index (κ3) is 3.13. The van der Waals surface area contributed by atoms with Crippen LogP contribution in [-0.4, -0.2) is 61.8 Å². The molecule has 0 saturated carbocycles. The smallest absolute Gasteiger partial charge is 0.317 e. The number of ether oxygens (including phenoxy) is 1. The van der Waals surface area contributed by atoms with Gasteiger partial charge < -0.3 is 19.4 Å². The Balaban J connectivity index is 1.49. The minimum absolute atomic E-state index is 0.00702. The summed E-state index contributed by atoms with van der Waals surface area (Å²) in [5.41, 5.74) is 0.0805. The lowest BCUT2D eigenvalue weighted by Gasteiger charge is -2.47. The number of carbonyl (C=O) groups is 1. The number of amides is 2. The Morgan fingerprint density at radius 1 is 1.41 bits per heavy atom. The van der Waals surface area contributed by atoms with E-state index in [1.54, 1.807) is 6.26 Å². The number of nitrogens with one attached hydrogen (secondary N) is 1. The molecule has 2 amide bonds. The lowest BCUT2D eigenvalue weighted by molar-refractivity contribution is -0.169. The normalized spacial score (nSPS) is 21.7. The van der Waals surface area contributed by atoms with E-state index in [4.69, 9.17) is 9.15 Å². The molecule has 2 aliphatic heterocycles. The van der Waals surface area contributed by atoms with Gasteiger partial charge in [0.15, 0.2) is 0 Å². The van der Waals surface area contributed by atoms with Gasteiger partial charge in [0.05, 0.1) is 24.5 Å². The minimum atomic E-state index is 0.00702. The zero-order chi connectivity index (χ0) is 15.6. The van der Waals surface area contributed by atoms with Crippen molar-refractivity contribution in [2.45, 2.75) is 30.9 Å². The van der Waals surface area contributed by atoms with E-state index in [9.17, 15) is 4.79 Å². The molecule has 1 spiro atoms. The lowest BCUT2D eigenvalue weighted by atomic mass is 9.84. The van der Waals surface area contributed by atoms with Gasteiger partial charge in [0.1, 0.15) is 5.76 Å². The monoisotopic (exact) mass is 307 g/mol. The Bertz CT molecular complexity index is 487. The first-order chi connectivity index (χ1) is 10.6. The van der Waals surface area contributed by atoms with Crippen molar-refractivity contribution in [1.29, 1.82) is 0 Å². The lowest BCUT2D eigenvalue weighted by Crippen LogP contribution is -2.55. The molecule has 0 radical (unpaired) electrons. The van der Waals surface area contributed by atoms with E-state index >= 15 is 0 Å². The molecule has 2 saturated heterocycles. The fourth-order valence-corrected chi connectivity index (χ4v) is 3.22. The number of likely N-dealkylation sites (N-methyl/N-ethyl adjacent to an activating group) is 1. The third-order valence-electron chi connectivity index (χ3n) is 4.87. The third-order valence-corrected chi connectivity index (χ3v) is 4.87. The maximum atomic E-state index is 12.3. The molecule has 1 aromatic rings. The summed E-state index contributed by atoms with van der Waals surface area (Å²) in [4.78, 5) is 16.3. The summed E-state index contributed by atoms with van der Waals surface area (Å²) in [6.07, 6.45) is 4.71. The van der Waals surface area contributed by atoms with E-state index < -0.39 is 0 Å². The molecular formula is C16H25N3O3. The Labute approximate surface area is 131 Å². The summed E-state index contributed by atoms with van der Waals surface area (Å²) in [6, 6.07) is 3.86. The minimum Gasteiger partial charge on any atom is -0.468 e. The van der Waals surface area contributed by atoms with Crippen LogP contribution in [0.15, 0.2) is 22.8 Å². The molecular weight excluding hydrogens is 282 g/mol. The van der Waals surface area contributed by atoms with E-state index in [1.807, 2.05) is 36.0 Å². The van der Waals surface area contributed by atoms with Crippen LogP contribution in [0.1, 0.15) is 31.1 Å². The molecule has 3 heterocycles. The number of likely N-dealkylation sites (tertiary alicyclic amines) is 1. The standard InChI is InChI=1S/C16H25N3O3/c1-18(2)13(14-4-3-10-21-14)12-17-15(20)19-8-5-16(6-9-19)7-11-22-16/h3-4,10,13H,5-9,11-12H2,1-2H3,(H,17,20). The van der Waals surface area contributed by atoms with Gasteiger partial charge in [0.25, 0.3) is 0 Å². The number of rotatable bonds is 4. The van der Waals surface area contributed by atoms with Gasteiger partial charge in [-0.25, -0.2) is 4.79 Å². The highest BCUT2D eigenvalue weighted by molar-refractivity contribution is 5.74. The van der Waals surface area contributed by atoms with E-state index in [0.29, 0.717) is 6.54 Å². The molecule has 122 valence electrons. The number of hydrogen-bond acceptors (Lipinski definition) is 4. The highest BCUT2D eigenvalue weighted by atomic mass is 16.5. The topological polar surface area (TPSA) is 58.0 Å². The average Bonchev–Trinajstić information content (AvgIpc) is 2.99. The SMILES string of the molecule is CN(C)C(CNC(=O)N1CCC2(CCO2)CC1)c1ccco1. The van der Waals surface area contributed by atoms with Gasteiger partial charge in [-0.3, -0.25) is 4.90 Å². The predicted molar refractivity (Wildman–Crippen MR) is 82.6 cm³/mol. The van der Waals surface area contributed by atoms with Crippen LogP contribution in [0.3, 0.4) is 0 Å². The van der Waals surface area contributed by atoms with Gasteiger partial charge in [-0.2, -0.15) is 0 Å². The number of urea groups is 1. The van der Waals surface area contributed by atoms with Crippen molar-refractivity contribution >= 4 is 6.03 Å². The maximum absolute atomic E-state index is 12.3. The van der Waals surface area contributed by atoms with E-state index in [2.05, 4.69) is 5.32 Å². The zero-order valence-electron chi connectivity index (χ0n) is 13.4. The molecule has 22 heavy (non-hydrogen) atoms. The van der Waals surface area contributed by atoms with E-state index in [1.165, 1.54) is 0 Å². The van der Waals surface area contributed by atoms with E-state index in [-0.39, 0.29) is 17.7 Å². The Hall–Kier alpha value is -1.53. The quantitative estimate of drug-likeness (QED) is 0.922. The maximum Gasteiger partial charge on any atom is 0.317 e. The molecule has 1 aromatic heterocycles. The fourth-order valence-electron chi connectivity index (χ4n) is 3.22. The predicted octanol–water partition coefficient (Wildman–Crippen LogP) is 1.85. The van der Waals surface area contributed by atoms with Gasteiger partial charge >= 0.3 is 6.03 Å². The van der Waals surface area contributed by atoms with Gasteiger partial charge in [-0.1, -0.05) is 0 Å². The first-order valence-corrected chi connectivity index (χ1v) is 7.96. The molecule has 2 fully saturated rings. The van der Waals surface area contributed by atoms with E-state index in [0.717, 1.165) is 44.7 Å². The first kappa shape index (κ1) is 15.4. The fraction of sp³-hybridized carbons (Fsp3) is 0.688. The van der Waals surface area contributed by atoms with Crippen LogP contribution in [0.25, 0.3) is 0 Å². The molecule has 1 unspecified atom stereocenters. The number of hydrogen-bond donors (Lipinski definition) is 1. The number of piperidine rings is 1. The second-order valence-electron chi connectivity index (χ2n) is 6.45. The average molecular weight is 307 g/mol. The molecule has 0 bridgehead atoms. The van der Waals surface area contributed by atoms with Crippen LogP contribution in [0.5, 0.6) is 0 Å². The summed E-state index contributed by atoms with van der Waals surface area (Å²) >= 11 is 0. The van der Waals surface area contributed by atoms with Crippen molar-refractivity contribution in [1.82, 2.24) is 15.1 Å². The van der Waals surface area contributed by atoms with Crippen LogP contribution in [0, 0.1) is 0 Å². The molecule has 1 atom stereocenters. The van der Waals surface area contributed by atoms with Crippen LogP contribution >= 0.6 is 0 Å². The molecule has 0 aliphatic carbocycles. The number of carbonyl (C=O) groups excluding carboxylic acids is 1. The van der Waals surface area contributed by atoms with Gasteiger partial charge in [-0.05, 0) is 45.5 Å². The largest absolute Gasteiger partial charge is 0.468 e. The van der Waals surface area contributed by atoms with Gasteiger partial charge in [0, 0.05) is 19.6 Å². The first-order valence-electron chi connectivity index (χ1n) is 7.96. The van der Waals surface area contributed by atoms with Crippen molar-refractivity contribution in [3.8, 4) is 0 Å². The summed E-state index contributed by atoms with van der Waals surface area (Å²) in [5, 5.41) is 3.03. The van der Waals surface area contributed by atoms with Crippen molar-refractivity contribution in [3.05, 3.63) is 24.2 Å². The molecule has 6 heteroatoms. The van der Waals surface area contributed by atoms with Crippen molar-refractivity contribution in [3.63, 3.8) is 0 Å². The van der Waals surface area contributed by atoms with Crippen LogP contribution < -0.4 is 5.32 Å². The van der Waals surface area contributed by atoms with Crippen molar-refractivity contribution < 1.29 is 13.9 Å². The van der Waals surface area contributed by atoms with Crippen LogP contribution in [0.2, 0.25) is 0 Å². The Morgan fingerprint density at radius 3 is 2.64 bits per heavy atom. The summed E-state index contributed by atoms with van der Waals surface area (Å²) in [5.74, 6) is 0.866. The second kappa shape index (κ2) is 6.30. The molecule has 6 nitrogen and oxygen atoms in total. The van der Waals surface area contributed by atoms with Gasteiger partial charge in [0.2, 0.25) is 0 Å². The Morgan fingerprint density at radius 2 is 2.14 bits per heavy atom. The highest BCUT2D eigenvalue weighted by Crippen LogP contribution is 2.36. The zero-order valence-corrected chi connectivity index (χ0v) is 13.4. The van der Waals surface area contributed by atoms with Crippen molar-refractivity contribution in [2.24, 2.45) is 0 Å². The number of furan rings is 1. The summed E-state index contributed by atoms with van der Waals surface area (Å²) in [6.45, 7) is 2.97. The molecule has 1 N–H and O–H groups in total. The molecule has 2 aliphatic rings.